The van der Waals surface area contributed by atoms with Crippen LogP contribution in [0, 0.1) is 0 Å². The van der Waals surface area contributed by atoms with Gasteiger partial charge in [0.15, 0.2) is 0 Å². The normalized spacial score (nSPS) is 23.8. The molecule has 0 bridgehead atoms. The van der Waals surface area contributed by atoms with Crippen LogP contribution in [0.4, 0.5) is 5.00 Å². The Morgan fingerprint density at radius 2 is 2.29 bits per heavy atom. The van der Waals surface area contributed by atoms with Crippen LogP contribution < -0.4 is 11.1 Å². The smallest absolute Gasteiger partial charge is 0.255 e. The molecule has 0 saturated carbocycles. The Morgan fingerprint density at radius 3 is 2.94 bits per heavy atom. The molecule has 1 aromatic rings. The fraction of sp³-hybridized carbons (Fsp3) is 0.455. The summed E-state index contributed by atoms with van der Waals surface area (Å²) in [5.74, 6) is 0.121. The third kappa shape index (κ3) is 1.59. The first-order valence-corrected chi connectivity index (χ1v) is 6.48. The highest BCUT2D eigenvalue weighted by molar-refractivity contribution is 7.14. The van der Waals surface area contributed by atoms with E-state index in [1.165, 1.54) is 11.3 Å². The lowest BCUT2D eigenvalue weighted by atomic mass is 10.1. The molecule has 5 nitrogen and oxygen atoms in total. The van der Waals surface area contributed by atoms with Gasteiger partial charge < -0.3 is 16.0 Å². The van der Waals surface area contributed by atoms with Gasteiger partial charge >= 0.3 is 0 Å². The first-order valence-electron chi connectivity index (χ1n) is 5.60. The van der Waals surface area contributed by atoms with Gasteiger partial charge in [-0.1, -0.05) is 0 Å². The van der Waals surface area contributed by atoms with Crippen LogP contribution in [0.5, 0.6) is 0 Å². The van der Waals surface area contributed by atoms with Crippen molar-refractivity contribution in [3.8, 4) is 0 Å². The van der Waals surface area contributed by atoms with Crippen LogP contribution in [0.15, 0.2) is 5.38 Å². The molecule has 1 saturated heterocycles. The van der Waals surface area contributed by atoms with Crippen LogP contribution in [-0.4, -0.2) is 29.3 Å². The number of hydrogen-bond donors (Lipinski definition) is 2. The lowest BCUT2D eigenvalue weighted by Gasteiger charge is -2.31. The first kappa shape index (κ1) is 10.6. The molecule has 3 N–H and O–H groups in total. The van der Waals surface area contributed by atoms with Crippen LogP contribution in [-0.2, 0) is 11.3 Å². The van der Waals surface area contributed by atoms with Crippen molar-refractivity contribution in [3.63, 3.8) is 0 Å². The van der Waals surface area contributed by atoms with Crippen molar-refractivity contribution in [2.24, 2.45) is 0 Å². The number of carbonyl (C=O) groups is 2. The SMILES string of the molecule is Nc1scc2c1CN(C1CCC(=O)NC1)C2=O. The highest BCUT2D eigenvalue weighted by Gasteiger charge is 2.36. The van der Waals surface area contributed by atoms with E-state index in [4.69, 9.17) is 5.73 Å². The maximum Gasteiger partial charge on any atom is 0.255 e. The fourth-order valence-corrected chi connectivity index (χ4v) is 3.22. The standard InChI is InChI=1S/C11H13N3O2S/c12-10-7-4-14(11(16)8(7)5-17-10)6-1-2-9(15)13-3-6/h5-6H,1-4,12H2,(H,13,15). The van der Waals surface area contributed by atoms with Gasteiger partial charge in [0.1, 0.15) is 0 Å². The molecule has 6 heteroatoms. The fourth-order valence-electron chi connectivity index (χ4n) is 2.42. The summed E-state index contributed by atoms with van der Waals surface area (Å²) in [6.45, 7) is 1.14. The molecule has 1 aromatic heterocycles. The molecule has 0 aliphatic carbocycles. The Balaban J connectivity index is 1.80. The number of rotatable bonds is 1. The summed E-state index contributed by atoms with van der Waals surface area (Å²) in [4.78, 5) is 25.1. The molecule has 17 heavy (non-hydrogen) atoms. The Kier molecular flexibility index (Phi) is 2.32. The number of thiophene rings is 1. The predicted octanol–water partition coefficient (Wildman–Crippen LogP) is 0.565. The zero-order chi connectivity index (χ0) is 12.0. The summed E-state index contributed by atoms with van der Waals surface area (Å²) >= 11 is 1.42. The quantitative estimate of drug-likeness (QED) is 0.766. The van der Waals surface area contributed by atoms with Crippen molar-refractivity contribution < 1.29 is 9.59 Å². The number of amides is 2. The average Bonchev–Trinajstić information content (AvgIpc) is 2.83. The molecular weight excluding hydrogens is 238 g/mol. The number of nitrogen functional groups attached to an aromatic ring is 1. The van der Waals surface area contributed by atoms with Crippen molar-refractivity contribution in [2.75, 3.05) is 12.3 Å². The highest BCUT2D eigenvalue weighted by atomic mass is 32.1. The zero-order valence-electron chi connectivity index (χ0n) is 9.23. The second-order valence-electron chi connectivity index (χ2n) is 4.42. The van der Waals surface area contributed by atoms with Gasteiger partial charge in [0.05, 0.1) is 23.2 Å². The number of nitrogens with one attached hydrogen (secondary N) is 1. The number of nitrogens with two attached hydrogens (primary N) is 1. The molecule has 3 heterocycles. The van der Waals surface area contributed by atoms with E-state index in [0.29, 0.717) is 19.5 Å². The van der Waals surface area contributed by atoms with E-state index in [1.807, 2.05) is 10.3 Å². The minimum atomic E-state index is 0.0501. The van der Waals surface area contributed by atoms with Crippen LogP contribution in [0.2, 0.25) is 0 Å². The molecule has 90 valence electrons. The van der Waals surface area contributed by atoms with Crippen LogP contribution >= 0.6 is 11.3 Å². The minimum Gasteiger partial charge on any atom is -0.390 e. The Bertz CT molecular complexity index is 487. The van der Waals surface area contributed by atoms with Crippen LogP contribution in [0.3, 0.4) is 0 Å². The number of hydrogen-bond acceptors (Lipinski definition) is 4. The third-order valence-electron chi connectivity index (χ3n) is 3.43. The topological polar surface area (TPSA) is 75.4 Å². The molecular formula is C11H13N3O2S. The molecule has 3 rings (SSSR count). The van der Waals surface area contributed by atoms with Gasteiger partial charge in [-0.2, -0.15) is 0 Å². The molecule has 2 aliphatic rings. The van der Waals surface area contributed by atoms with Crippen LogP contribution in [0.1, 0.15) is 28.8 Å². The molecule has 0 radical (unpaired) electrons. The lowest BCUT2D eigenvalue weighted by Crippen LogP contribution is -2.48. The maximum atomic E-state index is 12.2. The first-order chi connectivity index (χ1) is 8.16. The summed E-state index contributed by atoms with van der Waals surface area (Å²) in [6, 6.07) is 0.108. The number of fused-ring (bicyclic) bond motifs is 1. The van der Waals surface area contributed by atoms with Gasteiger partial charge in [0.25, 0.3) is 5.91 Å². The van der Waals surface area contributed by atoms with Crippen molar-refractivity contribution in [2.45, 2.75) is 25.4 Å². The number of nitrogens with zero attached hydrogens (tertiary/aromatic N) is 1. The summed E-state index contributed by atoms with van der Waals surface area (Å²) < 4.78 is 0. The molecule has 1 unspecified atom stereocenters. The van der Waals surface area contributed by atoms with Crippen LogP contribution in [0.25, 0.3) is 0 Å². The summed E-state index contributed by atoms with van der Waals surface area (Å²) in [7, 11) is 0. The Hall–Kier alpha value is -1.56. The van der Waals surface area contributed by atoms with Gasteiger partial charge in [-0.05, 0) is 6.42 Å². The molecule has 0 spiro atoms. The second kappa shape index (κ2) is 3.73. The molecule has 1 atom stereocenters. The van der Waals surface area contributed by atoms with E-state index < -0.39 is 0 Å². The van der Waals surface area contributed by atoms with E-state index in [1.54, 1.807) is 0 Å². The summed E-state index contributed by atoms with van der Waals surface area (Å²) in [5, 5.41) is 5.36. The second-order valence-corrected chi connectivity index (χ2v) is 5.33. The number of piperidine rings is 1. The predicted molar refractivity (Wildman–Crippen MR) is 64.6 cm³/mol. The maximum absolute atomic E-state index is 12.2. The largest absolute Gasteiger partial charge is 0.390 e. The van der Waals surface area contributed by atoms with E-state index in [2.05, 4.69) is 5.32 Å². The van der Waals surface area contributed by atoms with Gasteiger partial charge in [-0.15, -0.1) is 11.3 Å². The average molecular weight is 251 g/mol. The summed E-state index contributed by atoms with van der Waals surface area (Å²) in [5.41, 5.74) is 7.53. The van der Waals surface area contributed by atoms with Crippen molar-refractivity contribution in [1.29, 1.82) is 0 Å². The Labute approximate surface area is 103 Å². The molecule has 0 aromatic carbocycles. The van der Waals surface area contributed by atoms with E-state index in [9.17, 15) is 9.59 Å². The third-order valence-corrected chi connectivity index (χ3v) is 4.28. The molecule has 2 aliphatic heterocycles. The van der Waals surface area contributed by atoms with Crippen molar-refractivity contribution >= 4 is 28.2 Å². The van der Waals surface area contributed by atoms with Crippen molar-refractivity contribution in [3.05, 3.63) is 16.5 Å². The summed E-state index contributed by atoms with van der Waals surface area (Å²) in [6.07, 6.45) is 1.24. The van der Waals surface area contributed by atoms with Crippen molar-refractivity contribution in [1.82, 2.24) is 10.2 Å². The molecule has 2 amide bonds. The monoisotopic (exact) mass is 251 g/mol. The van der Waals surface area contributed by atoms with Gasteiger partial charge in [-0.25, -0.2) is 0 Å². The number of anilines is 1. The van der Waals surface area contributed by atoms with Gasteiger partial charge in [0, 0.05) is 23.9 Å². The van der Waals surface area contributed by atoms with E-state index >= 15 is 0 Å². The Morgan fingerprint density at radius 1 is 1.47 bits per heavy atom. The van der Waals surface area contributed by atoms with E-state index in [0.717, 1.165) is 22.5 Å². The van der Waals surface area contributed by atoms with Gasteiger partial charge in [0.2, 0.25) is 5.91 Å². The minimum absolute atomic E-state index is 0.0501. The van der Waals surface area contributed by atoms with Gasteiger partial charge in [-0.3, -0.25) is 9.59 Å². The zero-order valence-corrected chi connectivity index (χ0v) is 10.0. The van der Waals surface area contributed by atoms with E-state index in [-0.39, 0.29) is 17.9 Å². The highest BCUT2D eigenvalue weighted by Crippen LogP contribution is 2.34. The lowest BCUT2D eigenvalue weighted by molar-refractivity contribution is -0.123. The number of carbonyl (C=O) groups excluding carboxylic acids is 2. The molecule has 1 fully saturated rings.